The summed E-state index contributed by atoms with van der Waals surface area (Å²) in [4.78, 5) is 25.5. The minimum absolute atomic E-state index is 0.0762. The second-order valence-electron chi connectivity index (χ2n) is 7.03. The first kappa shape index (κ1) is 16.3. The first-order chi connectivity index (χ1) is 10.0. The minimum atomic E-state index is -0.763. The van der Waals surface area contributed by atoms with Crippen molar-refractivity contribution in [3.63, 3.8) is 0 Å². The number of carboxylic acid groups (broad SMARTS) is 1. The summed E-state index contributed by atoms with van der Waals surface area (Å²) >= 11 is 0. The number of carboxylic acids is 1. The molecule has 1 saturated heterocycles. The molecule has 1 heterocycles. The lowest BCUT2D eigenvalue weighted by Gasteiger charge is -2.30. The highest BCUT2D eigenvalue weighted by Crippen LogP contribution is 2.34. The van der Waals surface area contributed by atoms with E-state index < -0.39 is 5.97 Å². The molecule has 1 aliphatic heterocycles. The van der Waals surface area contributed by atoms with E-state index in [4.69, 9.17) is 0 Å². The highest BCUT2D eigenvalue weighted by molar-refractivity contribution is 5.81. The van der Waals surface area contributed by atoms with Gasteiger partial charge < -0.3 is 10.0 Å². The fourth-order valence-corrected chi connectivity index (χ4v) is 3.92. The molecule has 0 radical (unpaired) electrons. The number of unbranched alkanes of at least 4 members (excludes halogenated alkanes) is 1. The number of rotatable bonds is 5. The Morgan fingerprint density at radius 1 is 1.14 bits per heavy atom. The quantitative estimate of drug-likeness (QED) is 0.847. The van der Waals surface area contributed by atoms with E-state index in [0.29, 0.717) is 13.1 Å². The van der Waals surface area contributed by atoms with Gasteiger partial charge in [-0.3, -0.25) is 9.59 Å². The van der Waals surface area contributed by atoms with Gasteiger partial charge in [0.25, 0.3) is 0 Å². The molecule has 0 aromatic carbocycles. The van der Waals surface area contributed by atoms with Gasteiger partial charge in [0.05, 0.1) is 5.92 Å². The van der Waals surface area contributed by atoms with Crippen LogP contribution in [0.2, 0.25) is 0 Å². The van der Waals surface area contributed by atoms with Crippen LogP contribution in [0.1, 0.15) is 58.8 Å². The van der Waals surface area contributed by atoms with E-state index in [1.54, 1.807) is 4.90 Å². The molecule has 0 bridgehead atoms. The number of hydrogen-bond acceptors (Lipinski definition) is 2. The second-order valence-corrected chi connectivity index (χ2v) is 7.03. The molecule has 0 aromatic heterocycles. The molecule has 2 atom stereocenters. The average Bonchev–Trinajstić information content (AvgIpc) is 2.87. The second kappa shape index (κ2) is 7.28. The lowest BCUT2D eigenvalue weighted by atomic mass is 9.79. The maximum atomic E-state index is 12.6. The van der Waals surface area contributed by atoms with Crippen molar-refractivity contribution in [2.75, 3.05) is 13.1 Å². The van der Waals surface area contributed by atoms with Gasteiger partial charge in [-0.05, 0) is 37.5 Å². The number of amides is 1. The van der Waals surface area contributed by atoms with Crippen LogP contribution in [0.15, 0.2) is 0 Å². The predicted octanol–water partition coefficient (Wildman–Crippen LogP) is 3.16. The number of hydrogen-bond donors (Lipinski definition) is 1. The third-order valence-electron chi connectivity index (χ3n) is 5.40. The molecule has 0 unspecified atom stereocenters. The Morgan fingerprint density at radius 2 is 1.81 bits per heavy atom. The summed E-state index contributed by atoms with van der Waals surface area (Å²) in [5.41, 5.74) is 0. The largest absolute Gasteiger partial charge is 0.481 e. The number of aliphatic carboxylic acids is 1. The SMILES string of the molecule is CCCCC1CCC(C(=O)N2C[C@@H](C)[C@H](C(=O)O)C2)CC1. The summed E-state index contributed by atoms with van der Waals surface area (Å²) in [6.07, 6.45) is 8.18. The standard InChI is InChI=1S/C17H29NO3/c1-3-4-5-13-6-8-14(9-7-13)16(19)18-10-12(2)15(11-18)17(20)21/h12-15H,3-11H2,1-2H3,(H,20,21)/t12-,13?,14?,15-/m1/s1. The Bertz CT molecular complexity index is 374. The van der Waals surface area contributed by atoms with Crippen molar-refractivity contribution < 1.29 is 14.7 Å². The van der Waals surface area contributed by atoms with E-state index in [1.807, 2.05) is 6.92 Å². The Morgan fingerprint density at radius 3 is 2.33 bits per heavy atom. The summed E-state index contributed by atoms with van der Waals surface area (Å²) in [5.74, 6) is 0.0868. The number of carbonyl (C=O) groups excluding carboxylic acids is 1. The number of carbonyl (C=O) groups is 2. The molecule has 2 fully saturated rings. The fourth-order valence-electron chi connectivity index (χ4n) is 3.92. The Hall–Kier alpha value is -1.06. The van der Waals surface area contributed by atoms with Crippen molar-refractivity contribution in [1.29, 1.82) is 0 Å². The number of nitrogens with zero attached hydrogens (tertiary/aromatic N) is 1. The van der Waals surface area contributed by atoms with Crippen LogP contribution in [-0.2, 0) is 9.59 Å². The van der Waals surface area contributed by atoms with Gasteiger partial charge in [0.2, 0.25) is 5.91 Å². The summed E-state index contributed by atoms with van der Waals surface area (Å²) < 4.78 is 0. The van der Waals surface area contributed by atoms with E-state index >= 15 is 0 Å². The van der Waals surface area contributed by atoms with E-state index in [0.717, 1.165) is 18.8 Å². The number of likely N-dealkylation sites (tertiary alicyclic amines) is 1. The van der Waals surface area contributed by atoms with Crippen LogP contribution in [0, 0.1) is 23.7 Å². The van der Waals surface area contributed by atoms with Crippen LogP contribution in [0.25, 0.3) is 0 Å². The van der Waals surface area contributed by atoms with Crippen molar-refractivity contribution in [2.24, 2.45) is 23.7 Å². The van der Waals surface area contributed by atoms with Crippen LogP contribution >= 0.6 is 0 Å². The zero-order valence-electron chi connectivity index (χ0n) is 13.4. The minimum Gasteiger partial charge on any atom is -0.481 e. The molecule has 2 aliphatic rings. The van der Waals surface area contributed by atoms with Crippen LogP contribution in [0.3, 0.4) is 0 Å². The average molecular weight is 295 g/mol. The van der Waals surface area contributed by atoms with Crippen molar-refractivity contribution >= 4 is 11.9 Å². The smallest absolute Gasteiger partial charge is 0.308 e. The van der Waals surface area contributed by atoms with E-state index in [-0.39, 0.29) is 23.7 Å². The summed E-state index contributed by atoms with van der Waals surface area (Å²) in [7, 11) is 0. The first-order valence-electron chi connectivity index (χ1n) is 8.54. The van der Waals surface area contributed by atoms with E-state index in [9.17, 15) is 14.7 Å². The predicted molar refractivity (Wildman–Crippen MR) is 81.8 cm³/mol. The van der Waals surface area contributed by atoms with Gasteiger partial charge in [-0.2, -0.15) is 0 Å². The highest BCUT2D eigenvalue weighted by Gasteiger charge is 2.39. The van der Waals surface area contributed by atoms with Crippen molar-refractivity contribution in [2.45, 2.75) is 58.8 Å². The zero-order chi connectivity index (χ0) is 15.4. The molecular formula is C17H29NO3. The van der Waals surface area contributed by atoms with E-state index in [1.165, 1.54) is 32.1 Å². The lowest BCUT2D eigenvalue weighted by molar-refractivity contribution is -0.142. The summed E-state index contributed by atoms with van der Waals surface area (Å²) in [6, 6.07) is 0. The molecule has 0 spiro atoms. The first-order valence-corrected chi connectivity index (χ1v) is 8.54. The molecular weight excluding hydrogens is 266 g/mol. The molecule has 1 saturated carbocycles. The maximum absolute atomic E-state index is 12.6. The normalized spacial score (nSPS) is 33.1. The maximum Gasteiger partial charge on any atom is 0.308 e. The Labute approximate surface area is 127 Å². The van der Waals surface area contributed by atoms with Crippen LogP contribution in [-0.4, -0.2) is 35.0 Å². The molecule has 1 amide bonds. The lowest BCUT2D eigenvalue weighted by Crippen LogP contribution is -2.36. The fraction of sp³-hybridized carbons (Fsp3) is 0.882. The molecule has 4 nitrogen and oxygen atoms in total. The molecule has 4 heteroatoms. The third kappa shape index (κ3) is 3.98. The van der Waals surface area contributed by atoms with Crippen LogP contribution < -0.4 is 0 Å². The van der Waals surface area contributed by atoms with Gasteiger partial charge in [-0.15, -0.1) is 0 Å². The van der Waals surface area contributed by atoms with Crippen LogP contribution in [0.5, 0.6) is 0 Å². The van der Waals surface area contributed by atoms with Gasteiger partial charge in [-0.25, -0.2) is 0 Å². The van der Waals surface area contributed by atoms with Gasteiger partial charge in [0.1, 0.15) is 0 Å². The summed E-state index contributed by atoms with van der Waals surface area (Å²) in [5, 5.41) is 9.17. The van der Waals surface area contributed by atoms with Crippen molar-refractivity contribution in [1.82, 2.24) is 4.90 Å². The van der Waals surface area contributed by atoms with E-state index in [2.05, 4.69) is 6.92 Å². The van der Waals surface area contributed by atoms with Crippen molar-refractivity contribution in [3.05, 3.63) is 0 Å². The van der Waals surface area contributed by atoms with Gasteiger partial charge in [-0.1, -0.05) is 33.1 Å². The molecule has 1 N–H and O–H groups in total. The molecule has 120 valence electrons. The van der Waals surface area contributed by atoms with Crippen LogP contribution in [0.4, 0.5) is 0 Å². The van der Waals surface area contributed by atoms with Crippen molar-refractivity contribution in [3.8, 4) is 0 Å². The monoisotopic (exact) mass is 295 g/mol. The molecule has 0 aromatic rings. The van der Waals surface area contributed by atoms with Gasteiger partial charge in [0.15, 0.2) is 0 Å². The molecule has 21 heavy (non-hydrogen) atoms. The third-order valence-corrected chi connectivity index (χ3v) is 5.40. The molecule has 1 aliphatic carbocycles. The zero-order valence-corrected chi connectivity index (χ0v) is 13.4. The van der Waals surface area contributed by atoms with Gasteiger partial charge in [0, 0.05) is 19.0 Å². The molecule has 2 rings (SSSR count). The Kier molecular flexibility index (Phi) is 5.65. The van der Waals surface area contributed by atoms with Gasteiger partial charge >= 0.3 is 5.97 Å². The topological polar surface area (TPSA) is 57.6 Å². The Balaban J connectivity index is 1.81. The summed E-state index contributed by atoms with van der Waals surface area (Å²) in [6.45, 7) is 5.19. The highest BCUT2D eigenvalue weighted by atomic mass is 16.4.